The fourth-order valence-electron chi connectivity index (χ4n) is 10.5. The fraction of sp³-hybridized carbons (Fsp3) is 0.0152. The zero-order valence-corrected chi connectivity index (χ0v) is 39.9. The Labute approximate surface area is 433 Å². The van der Waals surface area contributed by atoms with E-state index in [1.165, 1.54) is 6.07 Å². The molecular weight excluding hydrogens is 948 g/mol. The largest absolute Gasteiger partial charge is 0.420 e. The van der Waals surface area contributed by atoms with Crippen LogP contribution in [0.5, 0.6) is 0 Å². The maximum atomic E-state index is 17.4. The molecular formula is C66H34F3N7. The highest BCUT2D eigenvalue weighted by Crippen LogP contribution is 2.49. The topological polar surface area (TPSA) is 129 Å². The Balaban J connectivity index is 1.24. The smallest absolute Gasteiger partial charge is 0.309 e. The molecule has 0 amide bonds. The van der Waals surface area contributed by atoms with Crippen molar-refractivity contribution >= 4 is 43.6 Å². The second-order valence-corrected chi connectivity index (χ2v) is 18.4. The lowest BCUT2D eigenvalue weighted by molar-refractivity contribution is -0.137. The van der Waals surface area contributed by atoms with Crippen LogP contribution in [-0.2, 0) is 6.18 Å². The molecule has 0 N–H and O–H groups in total. The minimum atomic E-state index is -5.04. The molecule has 2 aromatic heterocycles. The van der Waals surface area contributed by atoms with Crippen molar-refractivity contribution in [3.63, 3.8) is 0 Å². The number of hydrogen-bond acceptors (Lipinski definition) is 5. The quantitative estimate of drug-likeness (QED) is 0.157. The van der Waals surface area contributed by atoms with Crippen molar-refractivity contribution in [3.8, 4) is 97.4 Å². The number of fused-ring (bicyclic) bond motifs is 6. The standard InChI is InChI=1S/C66H34F3N7/c67-66(68,69)64-59(75-60-31-49(45-12-4-40(35-70)5-13-45)20-24-55(60)56-25-21-50(32-61(56)75)46-14-6-41(36-71)7-15-46)29-28-54(53-3-1-2-44(30-53)39-74)65(64)76-62-33-51(47-16-8-42(37-72)9-17-47)22-26-57(62)58-27-23-52(34-63(58)76)48-18-10-43(38-73)11-19-48/h1-34H. The van der Waals surface area contributed by atoms with Crippen molar-refractivity contribution in [3.05, 3.63) is 240 Å². The summed E-state index contributed by atoms with van der Waals surface area (Å²) in [6.45, 7) is 0. The average Bonchev–Trinajstić information content (AvgIpc) is 4.02. The van der Waals surface area contributed by atoms with Gasteiger partial charge >= 0.3 is 6.18 Å². The number of rotatable bonds is 7. The number of alkyl halides is 3. The van der Waals surface area contributed by atoms with Crippen molar-refractivity contribution in [2.75, 3.05) is 0 Å². The second-order valence-electron chi connectivity index (χ2n) is 18.4. The Morgan fingerprint density at radius 1 is 0.303 bits per heavy atom. The Morgan fingerprint density at radius 2 is 0.632 bits per heavy atom. The third kappa shape index (κ3) is 7.83. The molecule has 7 nitrogen and oxygen atoms in total. The summed E-state index contributed by atoms with van der Waals surface area (Å²) in [5.74, 6) is 0. The molecule has 0 radical (unpaired) electrons. The monoisotopic (exact) mass is 981 g/mol. The Kier molecular flexibility index (Phi) is 11.1. The van der Waals surface area contributed by atoms with Crippen molar-refractivity contribution in [1.29, 1.82) is 26.3 Å². The summed E-state index contributed by atoms with van der Waals surface area (Å²) in [5.41, 5.74) is 9.31. The second kappa shape index (κ2) is 18.3. The predicted molar refractivity (Wildman–Crippen MR) is 291 cm³/mol. The van der Waals surface area contributed by atoms with Gasteiger partial charge in [-0.25, -0.2) is 0 Å². The van der Waals surface area contributed by atoms with Gasteiger partial charge in [0.25, 0.3) is 0 Å². The molecule has 0 saturated heterocycles. The molecule has 0 saturated carbocycles. The van der Waals surface area contributed by atoms with E-state index >= 15 is 13.2 Å². The highest BCUT2D eigenvalue weighted by atomic mass is 19.4. The zero-order valence-electron chi connectivity index (χ0n) is 39.9. The van der Waals surface area contributed by atoms with E-state index in [1.54, 1.807) is 88.0 Å². The van der Waals surface area contributed by atoms with Gasteiger partial charge in [-0.05, 0) is 141 Å². The van der Waals surface area contributed by atoms with Crippen LogP contribution in [0.2, 0.25) is 0 Å². The number of nitriles is 5. The predicted octanol–water partition coefficient (Wildman–Crippen LogP) is 16.6. The van der Waals surface area contributed by atoms with E-state index in [-0.39, 0.29) is 22.5 Å². The number of halogens is 3. The van der Waals surface area contributed by atoms with Gasteiger partial charge in [-0.2, -0.15) is 39.5 Å². The molecule has 354 valence electrons. The van der Waals surface area contributed by atoms with Crippen LogP contribution in [0.1, 0.15) is 33.4 Å². The van der Waals surface area contributed by atoms with Crippen molar-refractivity contribution in [2.24, 2.45) is 0 Å². The molecule has 0 bridgehead atoms. The van der Waals surface area contributed by atoms with Crippen LogP contribution in [0.25, 0.3) is 111 Å². The van der Waals surface area contributed by atoms with Gasteiger partial charge in [-0.15, -0.1) is 0 Å². The van der Waals surface area contributed by atoms with Crippen LogP contribution in [-0.4, -0.2) is 9.13 Å². The highest BCUT2D eigenvalue weighted by molar-refractivity contribution is 6.13. The molecule has 0 aliphatic rings. The summed E-state index contributed by atoms with van der Waals surface area (Å²) in [4.78, 5) is 0. The first-order valence-electron chi connectivity index (χ1n) is 24.0. The zero-order chi connectivity index (χ0) is 52.2. The number of benzene rings is 10. The highest BCUT2D eigenvalue weighted by Gasteiger charge is 2.40. The Morgan fingerprint density at radius 3 is 0.961 bits per heavy atom. The van der Waals surface area contributed by atoms with Crippen LogP contribution in [0.4, 0.5) is 13.2 Å². The normalized spacial score (nSPS) is 11.3. The minimum absolute atomic E-state index is 0.155. The molecule has 0 unspecified atom stereocenters. The van der Waals surface area contributed by atoms with Gasteiger partial charge in [0.05, 0.1) is 91.6 Å². The van der Waals surface area contributed by atoms with Crippen LogP contribution in [0.3, 0.4) is 0 Å². The minimum Gasteiger partial charge on any atom is -0.309 e. The Bertz CT molecular complexity index is 4360. The van der Waals surface area contributed by atoms with E-state index in [0.29, 0.717) is 82.6 Å². The van der Waals surface area contributed by atoms with E-state index in [4.69, 9.17) is 0 Å². The van der Waals surface area contributed by atoms with Gasteiger partial charge in [0, 0.05) is 27.1 Å². The first kappa shape index (κ1) is 46.1. The molecule has 10 aromatic carbocycles. The first-order chi connectivity index (χ1) is 37.0. The number of hydrogen-bond donors (Lipinski definition) is 0. The maximum Gasteiger partial charge on any atom is 0.420 e. The van der Waals surface area contributed by atoms with E-state index in [1.807, 2.05) is 121 Å². The van der Waals surface area contributed by atoms with Crippen LogP contribution in [0.15, 0.2) is 206 Å². The molecule has 0 aliphatic carbocycles. The van der Waals surface area contributed by atoms with Gasteiger partial charge in [0.2, 0.25) is 0 Å². The summed E-state index contributed by atoms with van der Waals surface area (Å²) in [5, 5.41) is 51.5. The molecule has 0 fully saturated rings. The van der Waals surface area contributed by atoms with E-state index < -0.39 is 11.7 Å². The summed E-state index contributed by atoms with van der Waals surface area (Å²) in [6.07, 6.45) is -5.04. The SMILES string of the molecule is N#Cc1ccc(-c2ccc3c4ccc(-c5ccc(C#N)cc5)cc4n(-c4ccc(-c5cccc(C#N)c5)c(-n5c6cc(-c7ccc(C#N)cc7)ccc6c6ccc(-c7ccc(C#N)cc7)cc65)c4C(F)(F)F)c3c2)cc1. The molecule has 0 aliphatic heterocycles. The van der Waals surface area contributed by atoms with Gasteiger partial charge in [-0.1, -0.05) is 115 Å². The van der Waals surface area contributed by atoms with E-state index in [9.17, 15) is 26.3 Å². The van der Waals surface area contributed by atoms with Gasteiger partial charge in [-0.3, -0.25) is 0 Å². The van der Waals surface area contributed by atoms with Crippen LogP contribution >= 0.6 is 0 Å². The lowest BCUT2D eigenvalue weighted by Crippen LogP contribution is -2.17. The van der Waals surface area contributed by atoms with E-state index in [2.05, 4.69) is 30.3 Å². The van der Waals surface area contributed by atoms with Gasteiger partial charge in [0.15, 0.2) is 0 Å². The number of aromatic nitrogens is 2. The third-order valence-electron chi connectivity index (χ3n) is 14.1. The Hall–Kier alpha value is -11.0. The molecule has 10 heteroatoms. The third-order valence-corrected chi connectivity index (χ3v) is 14.1. The summed E-state index contributed by atoms with van der Waals surface area (Å²) < 4.78 is 55.6. The molecule has 2 heterocycles. The lowest BCUT2D eigenvalue weighted by atomic mass is 9.95. The van der Waals surface area contributed by atoms with Crippen LogP contribution in [0, 0.1) is 56.7 Å². The molecule has 12 rings (SSSR count). The molecule has 12 aromatic rings. The van der Waals surface area contributed by atoms with Gasteiger partial charge in [0.1, 0.15) is 5.56 Å². The summed E-state index contributed by atoms with van der Waals surface area (Å²) in [7, 11) is 0. The first-order valence-corrected chi connectivity index (χ1v) is 24.0. The lowest BCUT2D eigenvalue weighted by Gasteiger charge is -2.25. The van der Waals surface area contributed by atoms with Crippen LogP contribution < -0.4 is 0 Å². The fourth-order valence-corrected chi connectivity index (χ4v) is 10.5. The van der Waals surface area contributed by atoms with Gasteiger partial charge < -0.3 is 9.13 Å². The van der Waals surface area contributed by atoms with Crippen molar-refractivity contribution < 1.29 is 13.2 Å². The summed E-state index contributed by atoms with van der Waals surface area (Å²) >= 11 is 0. The summed E-state index contributed by atoms with van der Waals surface area (Å²) in [6, 6.07) is 71.7. The molecule has 76 heavy (non-hydrogen) atoms. The molecule has 0 atom stereocenters. The van der Waals surface area contributed by atoms with Crippen molar-refractivity contribution in [2.45, 2.75) is 6.18 Å². The average molecular weight is 982 g/mol. The molecule has 0 spiro atoms. The van der Waals surface area contributed by atoms with Crippen molar-refractivity contribution in [1.82, 2.24) is 9.13 Å². The maximum absolute atomic E-state index is 17.4. The number of nitrogens with zero attached hydrogens (tertiary/aromatic N) is 7. The van der Waals surface area contributed by atoms with E-state index in [0.717, 1.165) is 33.4 Å².